The molecule has 0 fully saturated rings. The van der Waals surface area contributed by atoms with Crippen LogP contribution in [0.2, 0.25) is 0 Å². The second-order valence-corrected chi connectivity index (χ2v) is 4.84. The molecule has 2 rings (SSSR count). The lowest BCUT2D eigenvalue weighted by molar-refractivity contribution is -0.242. The van der Waals surface area contributed by atoms with Gasteiger partial charge in [0, 0.05) is 25.0 Å². The molecule has 0 aliphatic heterocycles. The van der Waals surface area contributed by atoms with Crippen molar-refractivity contribution >= 4 is 11.9 Å². The zero-order valence-corrected chi connectivity index (χ0v) is 13.0. The highest BCUT2D eigenvalue weighted by atomic mass is 16.8. The van der Waals surface area contributed by atoms with Gasteiger partial charge in [0.2, 0.25) is 12.6 Å². The van der Waals surface area contributed by atoms with E-state index in [-0.39, 0.29) is 0 Å². The molecule has 0 amide bonds. The van der Waals surface area contributed by atoms with E-state index < -0.39 is 24.5 Å². The zero-order valence-electron chi connectivity index (χ0n) is 13.0. The van der Waals surface area contributed by atoms with E-state index in [2.05, 4.69) is 0 Å². The molecule has 0 radical (unpaired) electrons. The smallest absolute Gasteiger partial charge is 0.305 e. The third-order valence-corrected chi connectivity index (χ3v) is 2.94. The van der Waals surface area contributed by atoms with Gasteiger partial charge < -0.3 is 9.47 Å². The first-order chi connectivity index (χ1) is 11.1. The Balaban J connectivity index is 2.26. The fourth-order valence-corrected chi connectivity index (χ4v) is 1.98. The Kier molecular flexibility index (Phi) is 5.88. The molecule has 5 heteroatoms. The lowest BCUT2D eigenvalue weighted by Gasteiger charge is -2.24. The number of hydrogen-bond donors (Lipinski definition) is 0. The van der Waals surface area contributed by atoms with E-state index in [4.69, 9.17) is 14.2 Å². The largest absolute Gasteiger partial charge is 0.431 e. The van der Waals surface area contributed by atoms with E-state index >= 15 is 0 Å². The Morgan fingerprint density at radius 1 is 0.696 bits per heavy atom. The lowest BCUT2D eigenvalue weighted by Crippen LogP contribution is -2.19. The fraction of sp³-hybridized carbons (Fsp3) is 0.222. The van der Waals surface area contributed by atoms with Crippen LogP contribution in [0.1, 0.15) is 37.6 Å². The molecule has 23 heavy (non-hydrogen) atoms. The van der Waals surface area contributed by atoms with Crippen molar-refractivity contribution in [2.45, 2.75) is 26.4 Å². The lowest BCUT2D eigenvalue weighted by atomic mass is 10.2. The van der Waals surface area contributed by atoms with Crippen LogP contribution < -0.4 is 0 Å². The molecule has 0 N–H and O–H groups in total. The average molecular weight is 314 g/mol. The summed E-state index contributed by atoms with van der Waals surface area (Å²) in [5.41, 5.74) is 1.30. The Morgan fingerprint density at radius 3 is 1.35 bits per heavy atom. The van der Waals surface area contributed by atoms with E-state index in [0.29, 0.717) is 11.1 Å². The van der Waals surface area contributed by atoms with Crippen molar-refractivity contribution < 1.29 is 23.8 Å². The predicted octanol–water partition coefficient (Wildman–Crippen LogP) is 3.53. The number of carbonyl (C=O) groups is 2. The summed E-state index contributed by atoms with van der Waals surface area (Å²) < 4.78 is 16.2. The van der Waals surface area contributed by atoms with Crippen molar-refractivity contribution in [3.05, 3.63) is 71.8 Å². The molecule has 2 unspecified atom stereocenters. The quantitative estimate of drug-likeness (QED) is 0.603. The molecule has 2 aromatic carbocycles. The van der Waals surface area contributed by atoms with E-state index in [9.17, 15) is 9.59 Å². The van der Waals surface area contributed by atoms with Crippen LogP contribution >= 0.6 is 0 Å². The van der Waals surface area contributed by atoms with Crippen LogP contribution in [-0.4, -0.2) is 11.9 Å². The van der Waals surface area contributed by atoms with E-state index in [0.717, 1.165) is 0 Å². The van der Waals surface area contributed by atoms with Gasteiger partial charge in [-0.25, -0.2) is 0 Å². The molecule has 0 saturated carbocycles. The maximum Gasteiger partial charge on any atom is 0.305 e. The third kappa shape index (κ3) is 5.23. The second-order valence-electron chi connectivity index (χ2n) is 4.84. The number of rotatable bonds is 6. The number of carbonyl (C=O) groups excluding carboxylic acids is 2. The highest BCUT2D eigenvalue weighted by molar-refractivity contribution is 5.66. The fourth-order valence-electron chi connectivity index (χ4n) is 1.98. The molecule has 0 aromatic heterocycles. The summed E-state index contributed by atoms with van der Waals surface area (Å²) in [7, 11) is 0. The van der Waals surface area contributed by atoms with Crippen molar-refractivity contribution in [1.82, 2.24) is 0 Å². The van der Waals surface area contributed by atoms with Crippen molar-refractivity contribution in [1.29, 1.82) is 0 Å². The minimum atomic E-state index is -0.974. The number of benzene rings is 2. The van der Waals surface area contributed by atoms with Crippen LogP contribution in [0.4, 0.5) is 0 Å². The molecular weight excluding hydrogens is 296 g/mol. The summed E-state index contributed by atoms with van der Waals surface area (Å²) in [6.45, 7) is 2.59. The monoisotopic (exact) mass is 314 g/mol. The van der Waals surface area contributed by atoms with Gasteiger partial charge in [0.1, 0.15) is 0 Å². The van der Waals surface area contributed by atoms with Crippen molar-refractivity contribution in [3.8, 4) is 0 Å². The Labute approximate surface area is 134 Å². The molecule has 0 heterocycles. The Bertz CT molecular complexity index is 581. The first kappa shape index (κ1) is 16.7. The second kappa shape index (κ2) is 8.10. The maximum atomic E-state index is 11.4. The number of esters is 2. The molecule has 2 atom stereocenters. The van der Waals surface area contributed by atoms with Gasteiger partial charge in [-0.1, -0.05) is 60.7 Å². The van der Waals surface area contributed by atoms with Crippen molar-refractivity contribution in [2.24, 2.45) is 0 Å². The molecule has 0 spiro atoms. The third-order valence-electron chi connectivity index (χ3n) is 2.94. The van der Waals surface area contributed by atoms with Gasteiger partial charge in [-0.15, -0.1) is 0 Å². The topological polar surface area (TPSA) is 61.8 Å². The van der Waals surface area contributed by atoms with Crippen LogP contribution in [0.15, 0.2) is 60.7 Å². The van der Waals surface area contributed by atoms with E-state index in [1.807, 2.05) is 12.1 Å². The number of hydrogen-bond acceptors (Lipinski definition) is 5. The number of ether oxygens (including phenoxy) is 3. The van der Waals surface area contributed by atoms with Gasteiger partial charge in [0.25, 0.3) is 0 Å². The van der Waals surface area contributed by atoms with Gasteiger partial charge in [-0.3, -0.25) is 14.3 Å². The van der Waals surface area contributed by atoms with Crippen LogP contribution in [0, 0.1) is 0 Å². The zero-order chi connectivity index (χ0) is 16.7. The van der Waals surface area contributed by atoms with Crippen LogP contribution in [0.5, 0.6) is 0 Å². The molecule has 0 bridgehead atoms. The SMILES string of the molecule is CC(=O)OC(OC(OC(C)=O)c1ccccc1)c1ccccc1. The van der Waals surface area contributed by atoms with Gasteiger partial charge >= 0.3 is 11.9 Å². The summed E-state index contributed by atoms with van der Waals surface area (Å²) in [5.74, 6) is -0.984. The maximum absolute atomic E-state index is 11.4. The first-order valence-corrected chi connectivity index (χ1v) is 7.16. The predicted molar refractivity (Wildman–Crippen MR) is 83.0 cm³/mol. The first-order valence-electron chi connectivity index (χ1n) is 7.16. The Morgan fingerprint density at radius 2 is 1.04 bits per heavy atom. The Hall–Kier alpha value is -2.66. The summed E-state index contributed by atoms with van der Waals surface area (Å²) in [5, 5.41) is 0. The molecule has 0 saturated heterocycles. The van der Waals surface area contributed by atoms with Gasteiger partial charge in [-0.05, 0) is 0 Å². The summed E-state index contributed by atoms with van der Waals surface area (Å²) in [6.07, 6.45) is -1.95. The van der Waals surface area contributed by atoms with Crippen LogP contribution in [-0.2, 0) is 23.8 Å². The molecule has 0 aliphatic rings. The summed E-state index contributed by atoms with van der Waals surface area (Å²) in [6, 6.07) is 18.0. The van der Waals surface area contributed by atoms with Crippen molar-refractivity contribution in [3.63, 3.8) is 0 Å². The van der Waals surface area contributed by atoms with Gasteiger partial charge in [-0.2, -0.15) is 0 Å². The van der Waals surface area contributed by atoms with E-state index in [1.54, 1.807) is 48.5 Å². The van der Waals surface area contributed by atoms with Gasteiger partial charge in [0.05, 0.1) is 0 Å². The average Bonchev–Trinajstić information content (AvgIpc) is 2.54. The summed E-state index contributed by atoms with van der Waals surface area (Å²) in [4.78, 5) is 22.7. The molecule has 120 valence electrons. The van der Waals surface area contributed by atoms with Crippen LogP contribution in [0.3, 0.4) is 0 Å². The highest BCUT2D eigenvalue weighted by Gasteiger charge is 2.24. The minimum Gasteiger partial charge on any atom is -0.431 e. The molecule has 5 nitrogen and oxygen atoms in total. The minimum absolute atomic E-state index is 0.492. The summed E-state index contributed by atoms with van der Waals surface area (Å²) >= 11 is 0. The standard InChI is InChI=1S/C18H18O5/c1-13(19)21-17(15-9-5-3-6-10-15)23-18(22-14(2)20)16-11-7-4-8-12-16/h3-12,17-18H,1-2H3. The molecular formula is C18H18O5. The molecule has 2 aromatic rings. The molecule has 0 aliphatic carbocycles. The van der Waals surface area contributed by atoms with E-state index in [1.165, 1.54) is 13.8 Å². The van der Waals surface area contributed by atoms with Crippen molar-refractivity contribution in [2.75, 3.05) is 0 Å². The van der Waals surface area contributed by atoms with Crippen LogP contribution in [0.25, 0.3) is 0 Å². The van der Waals surface area contributed by atoms with Gasteiger partial charge in [0.15, 0.2) is 0 Å². The normalized spacial score (nSPS) is 13.0. The highest BCUT2D eigenvalue weighted by Crippen LogP contribution is 2.29.